The van der Waals surface area contributed by atoms with E-state index in [0.717, 1.165) is 30.8 Å². The smallest absolute Gasteiger partial charge is 0.326 e. The van der Waals surface area contributed by atoms with Crippen molar-refractivity contribution in [2.24, 2.45) is 0 Å². The lowest BCUT2D eigenvalue weighted by Gasteiger charge is -2.33. The zero-order chi connectivity index (χ0) is 12.4. The van der Waals surface area contributed by atoms with Crippen LogP contribution in [0, 0.1) is 13.8 Å². The van der Waals surface area contributed by atoms with E-state index in [2.05, 4.69) is 9.97 Å². The van der Waals surface area contributed by atoms with E-state index in [4.69, 9.17) is 0 Å². The molecule has 1 aromatic rings. The summed E-state index contributed by atoms with van der Waals surface area (Å²) in [6.45, 7) is 4.52. The van der Waals surface area contributed by atoms with Crippen molar-refractivity contribution in [3.8, 4) is 0 Å². The van der Waals surface area contributed by atoms with Crippen LogP contribution in [0.15, 0.2) is 6.07 Å². The molecule has 100 valence electrons. The normalized spacial score (nSPS) is 19.2. The molecule has 2 rings (SSSR count). The van der Waals surface area contributed by atoms with Gasteiger partial charge in [-0.15, -0.1) is 12.4 Å². The van der Waals surface area contributed by atoms with Crippen molar-refractivity contribution in [3.63, 3.8) is 0 Å². The third kappa shape index (κ3) is 3.10. The van der Waals surface area contributed by atoms with Crippen molar-refractivity contribution in [1.82, 2.24) is 9.97 Å². The molecule has 0 aromatic carbocycles. The van der Waals surface area contributed by atoms with Gasteiger partial charge in [-0.25, -0.2) is 14.8 Å². The molecule has 0 bridgehead atoms. The number of halogens is 1. The van der Waals surface area contributed by atoms with E-state index < -0.39 is 12.0 Å². The number of carbonyl (C=O) groups is 1. The Balaban J connectivity index is 0.00000162. The Kier molecular flexibility index (Phi) is 4.90. The maximum absolute atomic E-state index is 11.2. The quantitative estimate of drug-likeness (QED) is 0.891. The summed E-state index contributed by atoms with van der Waals surface area (Å²) in [6, 6.07) is 1.41. The average molecular weight is 272 g/mol. The predicted molar refractivity (Wildman–Crippen MR) is 71.4 cm³/mol. The third-order valence-corrected chi connectivity index (χ3v) is 3.02. The highest BCUT2D eigenvalue weighted by atomic mass is 35.5. The highest BCUT2D eigenvalue weighted by Crippen LogP contribution is 2.22. The molecule has 5 nitrogen and oxygen atoms in total. The summed E-state index contributed by atoms with van der Waals surface area (Å²) < 4.78 is 0. The van der Waals surface area contributed by atoms with Crippen molar-refractivity contribution < 1.29 is 9.90 Å². The standard InChI is InChI=1S/C12H17N3O2.ClH/c1-8-7-9(2)14-12(13-8)15-6-4-3-5-10(15)11(16)17;/h7,10H,3-6H2,1-2H3,(H,16,17);1H. The van der Waals surface area contributed by atoms with Crippen LogP contribution in [0.4, 0.5) is 5.95 Å². The van der Waals surface area contributed by atoms with Gasteiger partial charge in [0.05, 0.1) is 0 Å². The zero-order valence-corrected chi connectivity index (χ0v) is 11.4. The lowest BCUT2D eigenvalue weighted by molar-refractivity contribution is -0.139. The molecular weight excluding hydrogens is 254 g/mol. The molecule has 1 aliphatic heterocycles. The van der Waals surface area contributed by atoms with Crippen molar-refractivity contribution in [2.45, 2.75) is 39.2 Å². The lowest BCUT2D eigenvalue weighted by Crippen LogP contribution is -2.45. The molecule has 1 saturated heterocycles. The van der Waals surface area contributed by atoms with Crippen molar-refractivity contribution in [2.75, 3.05) is 11.4 Å². The highest BCUT2D eigenvalue weighted by molar-refractivity contribution is 5.85. The Morgan fingerprint density at radius 3 is 2.50 bits per heavy atom. The van der Waals surface area contributed by atoms with Crippen LogP contribution in [0.5, 0.6) is 0 Å². The second kappa shape index (κ2) is 6.00. The number of anilines is 1. The summed E-state index contributed by atoms with van der Waals surface area (Å²) in [5.41, 5.74) is 1.75. The van der Waals surface area contributed by atoms with Crippen LogP contribution in [0.3, 0.4) is 0 Å². The molecule has 0 amide bonds. The minimum Gasteiger partial charge on any atom is -0.480 e. The number of aryl methyl sites for hydroxylation is 2. The molecule has 1 unspecified atom stereocenters. The fourth-order valence-corrected chi connectivity index (χ4v) is 2.26. The lowest BCUT2D eigenvalue weighted by atomic mass is 10.0. The van der Waals surface area contributed by atoms with Crippen LogP contribution in [-0.4, -0.2) is 33.6 Å². The minimum absolute atomic E-state index is 0. The first-order valence-corrected chi connectivity index (χ1v) is 5.89. The molecule has 1 aliphatic rings. The molecule has 0 saturated carbocycles. The molecule has 1 atom stereocenters. The second-order valence-corrected chi connectivity index (χ2v) is 4.49. The SMILES string of the molecule is Cc1cc(C)nc(N2CCCCC2C(=O)O)n1.Cl. The number of aromatic nitrogens is 2. The van der Waals surface area contributed by atoms with Gasteiger partial charge in [-0.3, -0.25) is 0 Å². The van der Waals surface area contributed by atoms with E-state index in [-0.39, 0.29) is 12.4 Å². The Morgan fingerprint density at radius 2 is 1.94 bits per heavy atom. The van der Waals surface area contributed by atoms with Crippen molar-refractivity contribution in [3.05, 3.63) is 17.5 Å². The number of rotatable bonds is 2. The zero-order valence-electron chi connectivity index (χ0n) is 10.6. The first-order valence-electron chi connectivity index (χ1n) is 5.89. The maximum atomic E-state index is 11.2. The van der Waals surface area contributed by atoms with Crippen LogP contribution < -0.4 is 4.90 Å². The van der Waals surface area contributed by atoms with Crippen LogP contribution in [0.2, 0.25) is 0 Å². The molecule has 0 aliphatic carbocycles. The largest absolute Gasteiger partial charge is 0.480 e. The van der Waals surface area contributed by atoms with E-state index >= 15 is 0 Å². The van der Waals surface area contributed by atoms with E-state index in [9.17, 15) is 9.90 Å². The number of hydrogen-bond donors (Lipinski definition) is 1. The monoisotopic (exact) mass is 271 g/mol. The highest BCUT2D eigenvalue weighted by Gasteiger charge is 2.30. The molecule has 18 heavy (non-hydrogen) atoms. The van der Waals surface area contributed by atoms with Crippen LogP contribution in [0.25, 0.3) is 0 Å². The fourth-order valence-electron chi connectivity index (χ4n) is 2.26. The summed E-state index contributed by atoms with van der Waals surface area (Å²) in [6.07, 6.45) is 2.63. The first-order chi connectivity index (χ1) is 8.08. The Labute approximate surface area is 113 Å². The molecule has 1 N–H and O–H groups in total. The molecule has 0 spiro atoms. The van der Waals surface area contributed by atoms with E-state index in [1.54, 1.807) is 0 Å². The van der Waals surface area contributed by atoms with E-state index in [1.165, 1.54) is 0 Å². The first kappa shape index (κ1) is 14.7. The van der Waals surface area contributed by atoms with Gasteiger partial charge in [0.2, 0.25) is 5.95 Å². The van der Waals surface area contributed by atoms with Gasteiger partial charge in [0.25, 0.3) is 0 Å². The van der Waals surface area contributed by atoms with E-state index in [0.29, 0.717) is 12.4 Å². The summed E-state index contributed by atoms with van der Waals surface area (Å²) in [5.74, 6) is -0.234. The number of piperidine rings is 1. The van der Waals surface area contributed by atoms with Gasteiger partial charge in [-0.2, -0.15) is 0 Å². The van der Waals surface area contributed by atoms with Crippen LogP contribution in [-0.2, 0) is 4.79 Å². The molecule has 1 aromatic heterocycles. The summed E-state index contributed by atoms with van der Waals surface area (Å²) in [5, 5.41) is 9.21. The van der Waals surface area contributed by atoms with Gasteiger partial charge in [0.1, 0.15) is 6.04 Å². The van der Waals surface area contributed by atoms with Gasteiger partial charge in [-0.1, -0.05) is 0 Å². The Hall–Kier alpha value is -1.36. The van der Waals surface area contributed by atoms with E-state index in [1.807, 2.05) is 24.8 Å². The number of nitrogens with zero attached hydrogens (tertiary/aromatic N) is 3. The Bertz CT molecular complexity index is 419. The molecular formula is C12H18ClN3O2. The Morgan fingerprint density at radius 1 is 1.33 bits per heavy atom. The fraction of sp³-hybridized carbons (Fsp3) is 0.583. The number of carboxylic acid groups (broad SMARTS) is 1. The van der Waals surface area contributed by atoms with Gasteiger partial charge >= 0.3 is 5.97 Å². The predicted octanol–water partition coefficient (Wildman–Crippen LogP) is 1.96. The summed E-state index contributed by atoms with van der Waals surface area (Å²) in [7, 11) is 0. The second-order valence-electron chi connectivity index (χ2n) is 4.49. The molecule has 0 radical (unpaired) electrons. The topological polar surface area (TPSA) is 66.3 Å². The minimum atomic E-state index is -0.785. The van der Waals surface area contributed by atoms with Gasteiger partial charge < -0.3 is 10.0 Å². The van der Waals surface area contributed by atoms with Gasteiger partial charge in [0.15, 0.2) is 0 Å². The van der Waals surface area contributed by atoms with Gasteiger partial charge in [-0.05, 0) is 39.2 Å². The number of carboxylic acids is 1. The summed E-state index contributed by atoms with van der Waals surface area (Å²) >= 11 is 0. The average Bonchev–Trinajstić information content (AvgIpc) is 2.27. The van der Waals surface area contributed by atoms with Crippen LogP contribution >= 0.6 is 12.4 Å². The van der Waals surface area contributed by atoms with Crippen LogP contribution in [0.1, 0.15) is 30.7 Å². The molecule has 6 heteroatoms. The van der Waals surface area contributed by atoms with Crippen molar-refractivity contribution in [1.29, 1.82) is 0 Å². The van der Waals surface area contributed by atoms with Crippen molar-refractivity contribution >= 4 is 24.3 Å². The van der Waals surface area contributed by atoms with Gasteiger partial charge in [0, 0.05) is 17.9 Å². The third-order valence-electron chi connectivity index (χ3n) is 3.02. The molecule has 2 heterocycles. The number of hydrogen-bond acceptors (Lipinski definition) is 4. The number of aliphatic carboxylic acids is 1. The maximum Gasteiger partial charge on any atom is 0.326 e. The molecule has 1 fully saturated rings. The summed E-state index contributed by atoms with van der Waals surface area (Å²) in [4.78, 5) is 21.7.